The monoisotopic (exact) mass is 537 g/mol. The van der Waals surface area contributed by atoms with E-state index in [4.69, 9.17) is 9.47 Å². The summed E-state index contributed by atoms with van der Waals surface area (Å²) in [5.74, 6) is 0.866. The van der Waals surface area contributed by atoms with Crippen molar-refractivity contribution < 1.29 is 14.3 Å². The number of hydrogen-bond acceptors (Lipinski definition) is 5. The van der Waals surface area contributed by atoms with Crippen LogP contribution >= 0.6 is 22.6 Å². The Kier molecular flexibility index (Phi) is 7.29. The smallest absolute Gasteiger partial charge is 0.277 e. The van der Waals surface area contributed by atoms with E-state index in [0.717, 1.165) is 16.5 Å². The summed E-state index contributed by atoms with van der Waals surface area (Å²) in [5, 5.41) is 4.99. The first-order valence-electron chi connectivity index (χ1n) is 9.94. The van der Waals surface area contributed by atoms with Gasteiger partial charge in [0, 0.05) is 20.7 Å². The molecule has 1 amide bonds. The van der Waals surface area contributed by atoms with Gasteiger partial charge >= 0.3 is 0 Å². The molecule has 6 nitrogen and oxygen atoms in total. The number of amides is 1. The van der Waals surface area contributed by atoms with Gasteiger partial charge in [0.2, 0.25) is 0 Å². The Hall–Kier alpha value is -3.46. The topological polar surface area (TPSA) is 72.8 Å². The Bertz CT molecular complexity index is 1240. The lowest BCUT2D eigenvalue weighted by Crippen LogP contribution is -2.24. The minimum absolute atomic E-state index is 0.169. The highest BCUT2D eigenvalue weighted by atomic mass is 127. The summed E-state index contributed by atoms with van der Waals surface area (Å²) in [6.07, 6.45) is 3.25. The number of hydrogen-bond donors (Lipinski definition) is 1. The van der Waals surface area contributed by atoms with E-state index in [2.05, 4.69) is 38.1 Å². The summed E-state index contributed by atoms with van der Waals surface area (Å²) < 4.78 is 12.7. The van der Waals surface area contributed by atoms with Crippen LogP contribution in [0.4, 0.5) is 0 Å². The number of rotatable bonds is 8. The van der Waals surface area contributed by atoms with Crippen molar-refractivity contribution in [1.82, 2.24) is 10.4 Å². The fourth-order valence-corrected chi connectivity index (χ4v) is 3.36. The molecular formula is C25H20IN3O3. The summed E-state index contributed by atoms with van der Waals surface area (Å²) in [5.41, 5.74) is 5.03. The first kappa shape index (κ1) is 21.8. The summed E-state index contributed by atoms with van der Waals surface area (Å²) in [4.78, 5) is 16.5. The van der Waals surface area contributed by atoms with Crippen molar-refractivity contribution in [2.24, 2.45) is 5.10 Å². The zero-order valence-electron chi connectivity index (χ0n) is 17.1. The Morgan fingerprint density at radius 2 is 1.72 bits per heavy atom. The summed E-state index contributed by atoms with van der Waals surface area (Å²) >= 11 is 2.27. The zero-order valence-corrected chi connectivity index (χ0v) is 19.2. The Labute approximate surface area is 199 Å². The molecule has 0 atom stereocenters. The van der Waals surface area contributed by atoms with E-state index < -0.39 is 0 Å². The molecule has 32 heavy (non-hydrogen) atoms. The van der Waals surface area contributed by atoms with Gasteiger partial charge in [0.25, 0.3) is 5.91 Å². The van der Waals surface area contributed by atoms with Gasteiger partial charge in [-0.05, 0) is 64.6 Å². The van der Waals surface area contributed by atoms with Gasteiger partial charge in [0.1, 0.15) is 23.6 Å². The molecule has 0 bridgehead atoms. The summed E-state index contributed by atoms with van der Waals surface area (Å²) in [7, 11) is 0. The van der Waals surface area contributed by atoms with Crippen LogP contribution in [0.5, 0.6) is 11.5 Å². The molecule has 0 aliphatic rings. The number of hydrazone groups is 1. The second-order valence-electron chi connectivity index (χ2n) is 6.87. The largest absolute Gasteiger partial charge is 0.488 e. The summed E-state index contributed by atoms with van der Waals surface area (Å²) in [6.45, 7) is 0.277. The lowest BCUT2D eigenvalue weighted by atomic mass is 10.2. The zero-order chi connectivity index (χ0) is 22.2. The van der Waals surface area contributed by atoms with Crippen LogP contribution in [0.25, 0.3) is 10.9 Å². The number of ether oxygens (including phenoxy) is 2. The number of para-hydroxylation sites is 2. The van der Waals surface area contributed by atoms with Crippen molar-refractivity contribution in [2.75, 3.05) is 6.61 Å². The van der Waals surface area contributed by atoms with Crippen LogP contribution in [0.15, 0.2) is 90.2 Å². The van der Waals surface area contributed by atoms with Crippen LogP contribution in [0.2, 0.25) is 0 Å². The van der Waals surface area contributed by atoms with Crippen LogP contribution in [-0.2, 0) is 11.4 Å². The lowest BCUT2D eigenvalue weighted by molar-refractivity contribution is -0.123. The Morgan fingerprint density at radius 3 is 2.59 bits per heavy atom. The van der Waals surface area contributed by atoms with Crippen molar-refractivity contribution in [3.63, 3.8) is 0 Å². The molecule has 4 rings (SSSR count). The van der Waals surface area contributed by atoms with Crippen molar-refractivity contribution in [1.29, 1.82) is 0 Å². The van der Waals surface area contributed by atoms with Crippen LogP contribution in [0, 0.1) is 3.57 Å². The van der Waals surface area contributed by atoms with Gasteiger partial charge in [-0.2, -0.15) is 5.10 Å². The van der Waals surface area contributed by atoms with E-state index in [1.54, 1.807) is 18.5 Å². The van der Waals surface area contributed by atoms with E-state index in [1.807, 2.05) is 72.8 Å². The number of halogens is 1. The van der Waals surface area contributed by atoms with E-state index in [9.17, 15) is 4.79 Å². The number of carbonyl (C=O) groups is 1. The van der Waals surface area contributed by atoms with Crippen LogP contribution in [-0.4, -0.2) is 23.7 Å². The Balaban J connectivity index is 1.32. The second kappa shape index (κ2) is 10.7. The van der Waals surface area contributed by atoms with Crippen molar-refractivity contribution >= 4 is 45.6 Å². The molecular weight excluding hydrogens is 517 g/mol. The number of pyridine rings is 1. The van der Waals surface area contributed by atoms with Gasteiger partial charge < -0.3 is 9.47 Å². The van der Waals surface area contributed by atoms with Gasteiger partial charge in [-0.15, -0.1) is 0 Å². The molecule has 1 aromatic heterocycles. The van der Waals surface area contributed by atoms with Crippen molar-refractivity contribution in [2.45, 2.75) is 6.61 Å². The predicted molar refractivity (Wildman–Crippen MR) is 133 cm³/mol. The molecule has 4 aromatic rings. The third-order valence-electron chi connectivity index (χ3n) is 4.57. The fourth-order valence-electron chi connectivity index (χ4n) is 3.00. The molecule has 160 valence electrons. The third kappa shape index (κ3) is 5.82. The highest BCUT2D eigenvalue weighted by Gasteiger charge is 2.06. The maximum Gasteiger partial charge on any atom is 0.277 e. The molecule has 0 saturated carbocycles. The van der Waals surface area contributed by atoms with Gasteiger partial charge in [0.15, 0.2) is 6.61 Å². The fraction of sp³-hybridized carbons (Fsp3) is 0.0800. The molecule has 0 unspecified atom stereocenters. The van der Waals surface area contributed by atoms with Crippen LogP contribution in [0.1, 0.15) is 11.1 Å². The highest BCUT2D eigenvalue weighted by molar-refractivity contribution is 14.1. The SMILES string of the molecule is O=C(COc1cccc2cccnc12)N/N=C/c1ccccc1OCc1ccc(I)cc1. The molecule has 1 heterocycles. The minimum Gasteiger partial charge on any atom is -0.488 e. The van der Waals surface area contributed by atoms with Crippen LogP contribution < -0.4 is 14.9 Å². The van der Waals surface area contributed by atoms with E-state index >= 15 is 0 Å². The van der Waals surface area contributed by atoms with E-state index in [-0.39, 0.29) is 12.5 Å². The van der Waals surface area contributed by atoms with Gasteiger partial charge in [-0.3, -0.25) is 9.78 Å². The standard InChI is InChI=1S/C25H20IN3O3/c26-21-12-10-18(11-13-21)16-31-22-8-2-1-5-20(22)15-28-29-24(30)17-32-23-9-3-6-19-7-4-14-27-25(19)23/h1-15H,16-17H2,(H,29,30)/b28-15+. The van der Waals surface area contributed by atoms with E-state index in [1.165, 1.54) is 3.57 Å². The molecule has 7 heteroatoms. The molecule has 3 aromatic carbocycles. The molecule has 0 radical (unpaired) electrons. The molecule has 0 aliphatic heterocycles. The minimum atomic E-state index is -0.369. The Morgan fingerprint density at radius 1 is 0.938 bits per heavy atom. The first-order valence-corrected chi connectivity index (χ1v) is 11.0. The highest BCUT2D eigenvalue weighted by Crippen LogP contribution is 2.22. The van der Waals surface area contributed by atoms with Gasteiger partial charge in [0.05, 0.1) is 6.21 Å². The average Bonchev–Trinajstić information content (AvgIpc) is 2.83. The number of aromatic nitrogens is 1. The van der Waals surface area contributed by atoms with Gasteiger partial charge in [-0.1, -0.05) is 42.5 Å². The van der Waals surface area contributed by atoms with Crippen molar-refractivity contribution in [3.8, 4) is 11.5 Å². The quantitative estimate of drug-likeness (QED) is 0.196. The molecule has 0 saturated heterocycles. The van der Waals surface area contributed by atoms with E-state index in [0.29, 0.717) is 23.6 Å². The number of fused-ring (bicyclic) bond motifs is 1. The molecule has 0 spiro atoms. The number of carbonyl (C=O) groups excluding carboxylic acids is 1. The average molecular weight is 537 g/mol. The van der Waals surface area contributed by atoms with Gasteiger partial charge in [-0.25, -0.2) is 5.43 Å². The second-order valence-corrected chi connectivity index (χ2v) is 8.11. The van der Waals surface area contributed by atoms with Crippen LogP contribution in [0.3, 0.4) is 0 Å². The molecule has 1 N–H and O–H groups in total. The lowest BCUT2D eigenvalue weighted by Gasteiger charge is -2.09. The van der Waals surface area contributed by atoms with Crippen molar-refractivity contribution in [3.05, 3.63) is 99.8 Å². The number of nitrogens with zero attached hydrogens (tertiary/aromatic N) is 2. The number of benzene rings is 3. The summed E-state index contributed by atoms with van der Waals surface area (Å²) in [6, 6.07) is 25.1. The maximum atomic E-state index is 12.2. The normalized spacial score (nSPS) is 10.9. The first-order chi connectivity index (χ1) is 15.7. The number of nitrogens with one attached hydrogen (secondary N) is 1. The molecule has 0 aliphatic carbocycles. The maximum absolute atomic E-state index is 12.2. The molecule has 0 fully saturated rings. The third-order valence-corrected chi connectivity index (χ3v) is 5.29. The predicted octanol–water partition coefficient (Wildman–Crippen LogP) is 4.95.